The maximum Gasteiger partial charge on any atom is 0.401 e. The Labute approximate surface area is 186 Å². The molecular formula is C19H22F3N9O2. The van der Waals surface area contributed by atoms with Crippen molar-refractivity contribution in [2.24, 2.45) is 0 Å². The van der Waals surface area contributed by atoms with Gasteiger partial charge in [-0.05, 0) is 25.0 Å². The fourth-order valence-electron chi connectivity index (χ4n) is 4.29. The number of alkyl halides is 3. The molecule has 2 fully saturated rings. The molecule has 2 aliphatic heterocycles. The van der Waals surface area contributed by atoms with Crippen LogP contribution >= 0.6 is 0 Å². The van der Waals surface area contributed by atoms with E-state index in [-0.39, 0.29) is 49.8 Å². The summed E-state index contributed by atoms with van der Waals surface area (Å²) in [4.78, 5) is 31.0. The number of nitrogen functional groups attached to an aromatic ring is 1. The van der Waals surface area contributed by atoms with Crippen molar-refractivity contribution in [1.29, 1.82) is 0 Å². The lowest BCUT2D eigenvalue weighted by atomic mass is 10.1. The van der Waals surface area contributed by atoms with E-state index in [0.717, 1.165) is 6.42 Å². The maximum atomic E-state index is 13.2. The zero-order valence-electron chi connectivity index (χ0n) is 17.6. The van der Waals surface area contributed by atoms with Gasteiger partial charge >= 0.3 is 6.18 Å². The zero-order chi connectivity index (χ0) is 23.2. The van der Waals surface area contributed by atoms with Crippen LogP contribution in [-0.4, -0.2) is 91.8 Å². The van der Waals surface area contributed by atoms with Crippen molar-refractivity contribution in [3.8, 4) is 11.6 Å². The van der Waals surface area contributed by atoms with E-state index in [2.05, 4.69) is 20.1 Å². The average molecular weight is 465 g/mol. The Morgan fingerprint density at radius 2 is 1.94 bits per heavy atom. The first-order valence-electron chi connectivity index (χ1n) is 10.6. The monoisotopic (exact) mass is 465 g/mol. The molecule has 176 valence electrons. The Morgan fingerprint density at radius 1 is 1.15 bits per heavy atom. The predicted molar refractivity (Wildman–Crippen MR) is 110 cm³/mol. The highest BCUT2D eigenvalue weighted by Crippen LogP contribution is 2.26. The SMILES string of the molecule is Nc1nc(N2CCC[C@@H]2C(=O)N2CCN(CC(F)(F)F)CC2)nc2nc(-c3ccco3)nn12. The van der Waals surface area contributed by atoms with E-state index in [1.807, 2.05) is 0 Å². The van der Waals surface area contributed by atoms with Crippen LogP contribution in [0, 0.1) is 0 Å². The van der Waals surface area contributed by atoms with E-state index in [4.69, 9.17) is 10.2 Å². The van der Waals surface area contributed by atoms with Crippen molar-refractivity contribution in [3.05, 3.63) is 18.4 Å². The number of carbonyl (C=O) groups excluding carboxylic acids is 1. The zero-order valence-corrected chi connectivity index (χ0v) is 17.6. The molecular weight excluding hydrogens is 443 g/mol. The number of carbonyl (C=O) groups is 1. The number of piperazine rings is 1. The second-order valence-corrected chi connectivity index (χ2v) is 8.07. The van der Waals surface area contributed by atoms with Gasteiger partial charge in [-0.2, -0.15) is 32.6 Å². The number of amides is 1. The number of nitrogens with zero attached hydrogens (tertiary/aromatic N) is 8. The Balaban J connectivity index is 1.33. The molecule has 3 aromatic heterocycles. The first-order chi connectivity index (χ1) is 15.8. The van der Waals surface area contributed by atoms with E-state index in [9.17, 15) is 18.0 Å². The summed E-state index contributed by atoms with van der Waals surface area (Å²) in [5.41, 5.74) is 6.08. The molecule has 0 radical (unpaired) electrons. The molecule has 1 atom stereocenters. The van der Waals surface area contributed by atoms with Crippen LogP contribution in [0.2, 0.25) is 0 Å². The second-order valence-electron chi connectivity index (χ2n) is 8.07. The maximum absolute atomic E-state index is 13.2. The molecule has 33 heavy (non-hydrogen) atoms. The van der Waals surface area contributed by atoms with Gasteiger partial charge in [0, 0.05) is 32.7 Å². The minimum Gasteiger partial charge on any atom is -0.461 e. The first kappa shape index (κ1) is 21.4. The third-order valence-corrected chi connectivity index (χ3v) is 5.84. The van der Waals surface area contributed by atoms with Crippen LogP contribution in [0.1, 0.15) is 12.8 Å². The molecule has 11 nitrogen and oxygen atoms in total. The number of nitrogens with two attached hydrogens (primary N) is 1. The van der Waals surface area contributed by atoms with Crippen molar-refractivity contribution >= 4 is 23.6 Å². The van der Waals surface area contributed by atoms with E-state index in [0.29, 0.717) is 24.6 Å². The van der Waals surface area contributed by atoms with Gasteiger partial charge < -0.3 is 20.0 Å². The average Bonchev–Trinajstić information content (AvgIpc) is 3.52. The highest BCUT2D eigenvalue weighted by atomic mass is 19.4. The van der Waals surface area contributed by atoms with Gasteiger partial charge in [0.05, 0.1) is 12.8 Å². The molecule has 5 heterocycles. The Morgan fingerprint density at radius 3 is 2.64 bits per heavy atom. The third kappa shape index (κ3) is 4.29. The van der Waals surface area contributed by atoms with Crippen molar-refractivity contribution in [2.75, 3.05) is 49.9 Å². The molecule has 1 amide bonds. The minimum absolute atomic E-state index is 0.0687. The van der Waals surface area contributed by atoms with Crippen molar-refractivity contribution in [1.82, 2.24) is 34.4 Å². The summed E-state index contributed by atoms with van der Waals surface area (Å²) < 4.78 is 44.5. The fraction of sp³-hybridized carbons (Fsp3) is 0.526. The summed E-state index contributed by atoms with van der Waals surface area (Å²) in [6.07, 6.45) is -1.39. The fourth-order valence-corrected chi connectivity index (χ4v) is 4.29. The molecule has 14 heteroatoms. The number of halogens is 3. The van der Waals surface area contributed by atoms with Gasteiger partial charge in [-0.25, -0.2) is 0 Å². The van der Waals surface area contributed by atoms with Crippen molar-refractivity contribution in [3.63, 3.8) is 0 Å². The Kier molecular flexibility index (Phi) is 5.31. The molecule has 0 saturated carbocycles. The number of anilines is 2. The summed E-state index contributed by atoms with van der Waals surface area (Å²) >= 11 is 0. The quantitative estimate of drug-likeness (QED) is 0.602. The minimum atomic E-state index is -4.25. The Bertz CT molecular complexity index is 1140. The number of fused-ring (bicyclic) bond motifs is 1. The second kappa shape index (κ2) is 8.17. The standard InChI is InChI=1S/C19H22F3N9O2/c20-19(21,22)11-28-6-8-29(9-7-28)15(32)12-3-1-5-30(12)17-25-16(23)31-18(26-17)24-14(27-31)13-4-2-10-33-13/h2,4,10,12H,1,3,5-9,11H2,(H2,23,24,25,26,27)/t12-/m1/s1. The Hall–Kier alpha value is -3.42. The molecule has 0 aromatic carbocycles. The van der Waals surface area contributed by atoms with Gasteiger partial charge in [-0.1, -0.05) is 0 Å². The highest BCUT2D eigenvalue weighted by molar-refractivity contribution is 5.85. The van der Waals surface area contributed by atoms with Crippen LogP contribution in [0.5, 0.6) is 0 Å². The molecule has 3 aromatic rings. The highest BCUT2D eigenvalue weighted by Gasteiger charge is 2.38. The van der Waals surface area contributed by atoms with Gasteiger partial charge in [-0.15, -0.1) is 5.10 Å². The smallest absolute Gasteiger partial charge is 0.401 e. The summed E-state index contributed by atoms with van der Waals surface area (Å²) in [5, 5.41) is 4.27. The van der Waals surface area contributed by atoms with E-state index in [1.54, 1.807) is 21.9 Å². The largest absolute Gasteiger partial charge is 0.461 e. The summed E-state index contributed by atoms with van der Waals surface area (Å²) in [6.45, 7) is 0.455. The van der Waals surface area contributed by atoms with Crippen LogP contribution in [0.3, 0.4) is 0 Å². The number of rotatable bonds is 4. The summed E-state index contributed by atoms with van der Waals surface area (Å²) in [5.74, 6) is 1.19. The van der Waals surface area contributed by atoms with Gasteiger partial charge in [0.2, 0.25) is 23.6 Å². The molecule has 2 aliphatic rings. The number of hydrogen-bond donors (Lipinski definition) is 1. The number of furan rings is 1. The molecule has 2 N–H and O–H groups in total. The number of aromatic nitrogens is 5. The number of hydrogen-bond acceptors (Lipinski definition) is 9. The summed E-state index contributed by atoms with van der Waals surface area (Å²) in [6, 6.07) is 2.92. The van der Waals surface area contributed by atoms with Crippen LogP contribution < -0.4 is 10.6 Å². The third-order valence-electron chi connectivity index (χ3n) is 5.84. The molecule has 2 saturated heterocycles. The molecule has 0 aliphatic carbocycles. The van der Waals surface area contributed by atoms with Gasteiger partial charge in [0.25, 0.3) is 5.78 Å². The van der Waals surface area contributed by atoms with E-state index >= 15 is 0 Å². The molecule has 0 unspecified atom stereocenters. The van der Waals surface area contributed by atoms with Crippen LogP contribution in [0.15, 0.2) is 22.8 Å². The van der Waals surface area contributed by atoms with Gasteiger partial charge in [0.1, 0.15) is 6.04 Å². The lowest BCUT2D eigenvalue weighted by Crippen LogP contribution is -2.55. The normalized spacial score (nSPS) is 20.2. The molecule has 0 spiro atoms. The van der Waals surface area contributed by atoms with Crippen molar-refractivity contribution in [2.45, 2.75) is 25.1 Å². The van der Waals surface area contributed by atoms with Gasteiger partial charge in [0.15, 0.2) is 5.76 Å². The van der Waals surface area contributed by atoms with E-state index < -0.39 is 18.8 Å². The van der Waals surface area contributed by atoms with Crippen LogP contribution in [0.25, 0.3) is 17.4 Å². The molecule has 0 bridgehead atoms. The molecule has 5 rings (SSSR count). The van der Waals surface area contributed by atoms with Crippen LogP contribution in [-0.2, 0) is 4.79 Å². The van der Waals surface area contributed by atoms with Gasteiger partial charge in [-0.3, -0.25) is 9.69 Å². The first-order valence-corrected chi connectivity index (χ1v) is 10.6. The van der Waals surface area contributed by atoms with Crippen LogP contribution in [0.4, 0.5) is 25.1 Å². The van der Waals surface area contributed by atoms with Crippen molar-refractivity contribution < 1.29 is 22.4 Å². The lowest BCUT2D eigenvalue weighted by Gasteiger charge is -2.37. The van der Waals surface area contributed by atoms with E-state index in [1.165, 1.54) is 15.7 Å². The topological polar surface area (TPSA) is 122 Å². The summed E-state index contributed by atoms with van der Waals surface area (Å²) in [7, 11) is 0. The lowest BCUT2D eigenvalue weighted by molar-refractivity contribution is -0.152. The predicted octanol–water partition coefficient (Wildman–Crippen LogP) is 1.04.